The molecular weight excluding hydrogens is 226 g/mol. The maximum absolute atomic E-state index is 5.73. The van der Waals surface area contributed by atoms with Crippen molar-refractivity contribution in [2.75, 3.05) is 5.43 Å². The fourth-order valence-electron chi connectivity index (χ4n) is 1.90. The average Bonchev–Trinajstić information content (AvgIpc) is 2.81. The molecule has 90 valence electrons. The Morgan fingerprint density at radius 3 is 2.89 bits per heavy atom. The van der Waals surface area contributed by atoms with Crippen LogP contribution >= 0.6 is 0 Å². The van der Waals surface area contributed by atoms with Gasteiger partial charge in [0.15, 0.2) is 5.58 Å². The molecule has 1 aromatic heterocycles. The lowest BCUT2D eigenvalue weighted by Gasteiger charge is -2.00. The van der Waals surface area contributed by atoms with E-state index >= 15 is 0 Å². The van der Waals surface area contributed by atoms with Crippen molar-refractivity contribution in [2.24, 2.45) is 5.84 Å². The van der Waals surface area contributed by atoms with Crippen LogP contribution in [0.25, 0.3) is 22.6 Å². The number of oxazole rings is 1. The molecule has 0 aliphatic heterocycles. The molecule has 0 saturated carbocycles. The molecule has 0 aliphatic rings. The van der Waals surface area contributed by atoms with E-state index in [9.17, 15) is 0 Å². The summed E-state index contributed by atoms with van der Waals surface area (Å²) in [6.45, 7) is 2.03. The molecule has 0 unspecified atom stereocenters. The second kappa shape index (κ2) is 4.16. The van der Waals surface area contributed by atoms with Crippen molar-refractivity contribution in [1.82, 2.24) is 4.98 Å². The average molecular weight is 239 g/mol. The van der Waals surface area contributed by atoms with Crippen LogP contribution < -0.4 is 11.3 Å². The molecule has 1 heterocycles. The predicted octanol–water partition coefficient (Wildman–Crippen LogP) is 3.09. The van der Waals surface area contributed by atoms with Gasteiger partial charge in [-0.1, -0.05) is 12.1 Å². The number of nitrogen functional groups attached to an aromatic ring is 1. The quantitative estimate of drug-likeness (QED) is 0.533. The van der Waals surface area contributed by atoms with Gasteiger partial charge in [0.2, 0.25) is 5.89 Å². The number of fused-ring (bicyclic) bond motifs is 1. The van der Waals surface area contributed by atoms with Gasteiger partial charge in [0.05, 0.1) is 0 Å². The highest BCUT2D eigenvalue weighted by molar-refractivity contribution is 5.77. The highest BCUT2D eigenvalue weighted by Crippen LogP contribution is 2.26. The molecule has 0 amide bonds. The second-order valence-corrected chi connectivity index (χ2v) is 4.22. The topological polar surface area (TPSA) is 64.1 Å². The Morgan fingerprint density at radius 2 is 2.06 bits per heavy atom. The van der Waals surface area contributed by atoms with E-state index in [1.165, 1.54) is 5.56 Å². The summed E-state index contributed by atoms with van der Waals surface area (Å²) >= 11 is 0. The zero-order valence-corrected chi connectivity index (χ0v) is 9.97. The number of nitrogens with one attached hydrogen (secondary N) is 1. The fourth-order valence-corrected chi connectivity index (χ4v) is 1.90. The van der Waals surface area contributed by atoms with Crippen molar-refractivity contribution >= 4 is 16.8 Å². The van der Waals surface area contributed by atoms with Crippen LogP contribution in [0.2, 0.25) is 0 Å². The Hall–Kier alpha value is -2.33. The number of rotatable bonds is 2. The number of hydrazine groups is 1. The van der Waals surface area contributed by atoms with Crippen molar-refractivity contribution in [3.8, 4) is 11.5 Å². The minimum Gasteiger partial charge on any atom is -0.436 e. The van der Waals surface area contributed by atoms with Gasteiger partial charge in [-0.3, -0.25) is 5.84 Å². The van der Waals surface area contributed by atoms with Crippen molar-refractivity contribution < 1.29 is 4.42 Å². The summed E-state index contributed by atoms with van der Waals surface area (Å²) in [6.07, 6.45) is 0. The van der Waals surface area contributed by atoms with E-state index in [4.69, 9.17) is 10.3 Å². The second-order valence-electron chi connectivity index (χ2n) is 4.22. The third kappa shape index (κ3) is 1.83. The monoisotopic (exact) mass is 239 g/mol. The van der Waals surface area contributed by atoms with Crippen molar-refractivity contribution in [3.05, 3.63) is 48.0 Å². The SMILES string of the molecule is Cc1ccc2oc(-c3cccc(NN)c3)nc2c1. The van der Waals surface area contributed by atoms with Crippen molar-refractivity contribution in [1.29, 1.82) is 0 Å². The number of hydrogen-bond donors (Lipinski definition) is 2. The summed E-state index contributed by atoms with van der Waals surface area (Å²) in [4.78, 5) is 4.48. The molecule has 0 aliphatic carbocycles. The lowest BCUT2D eigenvalue weighted by atomic mass is 10.2. The Balaban J connectivity index is 2.13. The molecule has 4 heteroatoms. The lowest BCUT2D eigenvalue weighted by molar-refractivity contribution is 0.620. The van der Waals surface area contributed by atoms with E-state index in [0.29, 0.717) is 5.89 Å². The number of anilines is 1. The van der Waals surface area contributed by atoms with E-state index in [1.807, 2.05) is 49.4 Å². The number of hydrogen-bond acceptors (Lipinski definition) is 4. The fraction of sp³-hybridized carbons (Fsp3) is 0.0714. The van der Waals surface area contributed by atoms with Crippen LogP contribution in [0.4, 0.5) is 5.69 Å². The van der Waals surface area contributed by atoms with Gasteiger partial charge in [-0.2, -0.15) is 0 Å². The number of nitrogens with two attached hydrogens (primary N) is 1. The van der Waals surface area contributed by atoms with E-state index in [2.05, 4.69) is 10.4 Å². The van der Waals surface area contributed by atoms with E-state index < -0.39 is 0 Å². The summed E-state index contributed by atoms with van der Waals surface area (Å²) < 4.78 is 5.73. The van der Waals surface area contributed by atoms with E-state index in [1.54, 1.807) is 0 Å². The van der Waals surface area contributed by atoms with Gasteiger partial charge in [0.1, 0.15) is 5.52 Å². The van der Waals surface area contributed by atoms with Gasteiger partial charge in [0.25, 0.3) is 0 Å². The molecule has 0 fully saturated rings. The molecule has 0 spiro atoms. The molecule has 0 saturated heterocycles. The third-order valence-electron chi connectivity index (χ3n) is 2.82. The summed E-state index contributed by atoms with van der Waals surface area (Å²) in [6, 6.07) is 13.6. The summed E-state index contributed by atoms with van der Waals surface area (Å²) in [5.41, 5.74) is 7.17. The first-order valence-corrected chi connectivity index (χ1v) is 5.70. The smallest absolute Gasteiger partial charge is 0.227 e. The first kappa shape index (κ1) is 10.8. The third-order valence-corrected chi connectivity index (χ3v) is 2.82. The van der Waals surface area contributed by atoms with Gasteiger partial charge in [-0.25, -0.2) is 4.98 Å². The molecular formula is C14H13N3O. The number of nitrogens with zero attached hydrogens (tertiary/aromatic N) is 1. The molecule has 3 rings (SSSR count). The van der Waals surface area contributed by atoms with Crippen molar-refractivity contribution in [3.63, 3.8) is 0 Å². The van der Waals surface area contributed by atoms with Crippen LogP contribution in [0.1, 0.15) is 5.56 Å². The van der Waals surface area contributed by atoms with Crippen molar-refractivity contribution in [2.45, 2.75) is 6.92 Å². The Bertz CT molecular complexity index is 703. The minimum absolute atomic E-state index is 0.604. The molecule has 18 heavy (non-hydrogen) atoms. The van der Waals surface area contributed by atoms with Gasteiger partial charge >= 0.3 is 0 Å². The first-order chi connectivity index (χ1) is 8.76. The van der Waals surface area contributed by atoms with Crippen LogP contribution in [-0.2, 0) is 0 Å². The number of benzene rings is 2. The Kier molecular flexibility index (Phi) is 2.50. The Morgan fingerprint density at radius 1 is 1.17 bits per heavy atom. The molecule has 3 N–H and O–H groups in total. The van der Waals surface area contributed by atoms with Gasteiger partial charge < -0.3 is 9.84 Å². The summed E-state index contributed by atoms with van der Waals surface area (Å²) in [5.74, 6) is 6.00. The standard InChI is InChI=1S/C14H13N3O/c1-9-5-6-13-12(7-9)16-14(18-13)10-3-2-4-11(8-10)17-15/h2-8,17H,15H2,1H3. The molecule has 0 atom stereocenters. The van der Waals surface area contributed by atoms with E-state index in [-0.39, 0.29) is 0 Å². The summed E-state index contributed by atoms with van der Waals surface area (Å²) in [7, 11) is 0. The van der Waals surface area contributed by atoms with Gasteiger partial charge in [-0.05, 0) is 42.8 Å². The first-order valence-electron chi connectivity index (χ1n) is 5.70. The summed E-state index contributed by atoms with van der Waals surface area (Å²) in [5, 5.41) is 0. The highest BCUT2D eigenvalue weighted by atomic mass is 16.3. The molecule has 0 bridgehead atoms. The van der Waals surface area contributed by atoms with Gasteiger partial charge in [-0.15, -0.1) is 0 Å². The van der Waals surface area contributed by atoms with Crippen LogP contribution in [0.5, 0.6) is 0 Å². The Labute approximate surface area is 104 Å². The lowest BCUT2D eigenvalue weighted by Crippen LogP contribution is -2.06. The highest BCUT2D eigenvalue weighted by Gasteiger charge is 2.08. The zero-order chi connectivity index (χ0) is 12.5. The van der Waals surface area contributed by atoms with Crippen LogP contribution in [-0.4, -0.2) is 4.98 Å². The van der Waals surface area contributed by atoms with E-state index in [0.717, 1.165) is 22.4 Å². The number of aromatic nitrogens is 1. The van der Waals surface area contributed by atoms with Gasteiger partial charge in [0, 0.05) is 11.3 Å². The molecule has 3 aromatic rings. The number of aryl methyl sites for hydroxylation is 1. The predicted molar refractivity (Wildman–Crippen MR) is 72.0 cm³/mol. The molecule has 0 radical (unpaired) electrons. The molecule has 4 nitrogen and oxygen atoms in total. The largest absolute Gasteiger partial charge is 0.436 e. The molecule has 2 aromatic carbocycles. The normalized spacial score (nSPS) is 10.8. The van der Waals surface area contributed by atoms with Crippen LogP contribution in [0.3, 0.4) is 0 Å². The maximum atomic E-state index is 5.73. The van der Waals surface area contributed by atoms with Crippen LogP contribution in [0, 0.1) is 6.92 Å². The minimum atomic E-state index is 0.604. The maximum Gasteiger partial charge on any atom is 0.227 e. The van der Waals surface area contributed by atoms with Crippen LogP contribution in [0.15, 0.2) is 46.9 Å². The zero-order valence-electron chi connectivity index (χ0n) is 9.97.